The molecule has 0 unspecified atom stereocenters. The summed E-state index contributed by atoms with van der Waals surface area (Å²) in [5, 5.41) is 2.74. The number of aromatic nitrogens is 1. The van der Waals surface area contributed by atoms with Crippen LogP contribution in [0.5, 0.6) is 0 Å². The zero-order valence-electron chi connectivity index (χ0n) is 8.88. The molecule has 2 aromatic rings. The van der Waals surface area contributed by atoms with E-state index in [2.05, 4.69) is 26.2 Å². The summed E-state index contributed by atoms with van der Waals surface area (Å²) in [4.78, 5) is 26.0. The third-order valence-electron chi connectivity index (χ3n) is 2.79. The van der Waals surface area contributed by atoms with E-state index in [-0.39, 0.29) is 10.1 Å². The van der Waals surface area contributed by atoms with Crippen molar-refractivity contribution >= 4 is 44.2 Å². The van der Waals surface area contributed by atoms with Gasteiger partial charge in [0.25, 0.3) is 11.8 Å². The lowest BCUT2D eigenvalue weighted by Crippen LogP contribution is -2.22. The minimum absolute atomic E-state index is 0.165. The number of amides is 2. The predicted molar refractivity (Wildman–Crippen MR) is 67.3 cm³/mol. The number of imide groups is 1. The van der Waals surface area contributed by atoms with Crippen LogP contribution in [-0.4, -0.2) is 16.8 Å². The van der Waals surface area contributed by atoms with Gasteiger partial charge in [-0.05, 0) is 34.1 Å². The van der Waals surface area contributed by atoms with Gasteiger partial charge in [-0.2, -0.15) is 0 Å². The Morgan fingerprint density at radius 3 is 2.61 bits per heavy atom. The molecule has 90 valence electrons. The van der Waals surface area contributed by atoms with Crippen LogP contribution in [0.3, 0.4) is 0 Å². The van der Waals surface area contributed by atoms with Crippen molar-refractivity contribution in [1.82, 2.24) is 10.3 Å². The van der Waals surface area contributed by atoms with Gasteiger partial charge in [0.05, 0.1) is 10.1 Å². The third-order valence-corrected chi connectivity index (χ3v) is 3.54. The SMILES string of the molecule is O=C1NC(=O)C(c2c[nH]c3ccc(F)cc23)=C1Br. The van der Waals surface area contributed by atoms with Gasteiger partial charge in [0, 0.05) is 22.7 Å². The monoisotopic (exact) mass is 308 g/mol. The van der Waals surface area contributed by atoms with Crippen LogP contribution in [0.25, 0.3) is 16.5 Å². The van der Waals surface area contributed by atoms with Crippen molar-refractivity contribution in [1.29, 1.82) is 0 Å². The van der Waals surface area contributed by atoms with E-state index in [0.717, 1.165) is 0 Å². The number of H-pyrrole nitrogens is 1. The summed E-state index contributed by atoms with van der Waals surface area (Å²) in [6.07, 6.45) is 1.58. The fourth-order valence-electron chi connectivity index (χ4n) is 1.97. The minimum atomic E-state index is -0.489. The van der Waals surface area contributed by atoms with Crippen molar-refractivity contribution < 1.29 is 14.0 Å². The maximum absolute atomic E-state index is 13.2. The van der Waals surface area contributed by atoms with E-state index in [1.807, 2.05) is 0 Å². The third kappa shape index (κ3) is 1.49. The van der Waals surface area contributed by atoms with Crippen molar-refractivity contribution in [3.05, 3.63) is 40.3 Å². The molecule has 6 heteroatoms. The van der Waals surface area contributed by atoms with Gasteiger partial charge in [-0.25, -0.2) is 4.39 Å². The molecule has 0 saturated heterocycles. The molecule has 4 nitrogen and oxygen atoms in total. The lowest BCUT2D eigenvalue weighted by atomic mass is 10.1. The van der Waals surface area contributed by atoms with Gasteiger partial charge >= 0.3 is 0 Å². The number of nitrogens with one attached hydrogen (secondary N) is 2. The number of benzene rings is 1. The fraction of sp³-hybridized carbons (Fsp3) is 0. The summed E-state index contributed by atoms with van der Waals surface area (Å²) in [7, 11) is 0. The van der Waals surface area contributed by atoms with Crippen LogP contribution in [0.15, 0.2) is 28.9 Å². The second-order valence-corrected chi connectivity index (χ2v) is 4.66. The molecule has 0 aliphatic carbocycles. The second-order valence-electron chi connectivity index (χ2n) is 3.86. The molecule has 2 amide bonds. The van der Waals surface area contributed by atoms with E-state index in [1.54, 1.807) is 12.3 Å². The van der Waals surface area contributed by atoms with Gasteiger partial charge in [0.2, 0.25) is 0 Å². The highest BCUT2D eigenvalue weighted by atomic mass is 79.9. The Kier molecular flexibility index (Phi) is 2.34. The summed E-state index contributed by atoms with van der Waals surface area (Å²) >= 11 is 3.08. The lowest BCUT2D eigenvalue weighted by molar-refractivity contribution is -0.123. The molecular formula is C12H6BrFN2O2. The van der Waals surface area contributed by atoms with Crippen LogP contribution in [0.4, 0.5) is 4.39 Å². The molecule has 0 atom stereocenters. The first kappa shape index (κ1) is 11.2. The highest BCUT2D eigenvalue weighted by molar-refractivity contribution is 9.12. The first-order chi connectivity index (χ1) is 8.58. The average Bonchev–Trinajstić information content (AvgIpc) is 2.82. The van der Waals surface area contributed by atoms with Gasteiger partial charge in [-0.15, -0.1) is 0 Å². The van der Waals surface area contributed by atoms with Crippen LogP contribution >= 0.6 is 15.9 Å². The summed E-state index contributed by atoms with van der Waals surface area (Å²) in [5.41, 5.74) is 1.42. The summed E-state index contributed by atoms with van der Waals surface area (Å²) in [6.45, 7) is 0. The number of rotatable bonds is 1. The molecule has 1 aromatic carbocycles. The number of hydrogen-bond acceptors (Lipinski definition) is 2. The van der Waals surface area contributed by atoms with Crippen LogP contribution in [-0.2, 0) is 9.59 Å². The summed E-state index contributed by atoms with van der Waals surface area (Å²) < 4.78 is 13.4. The lowest BCUT2D eigenvalue weighted by Gasteiger charge is -1.98. The first-order valence-corrected chi connectivity index (χ1v) is 5.89. The number of carbonyl (C=O) groups excluding carboxylic acids is 2. The van der Waals surface area contributed by atoms with E-state index in [9.17, 15) is 14.0 Å². The maximum Gasteiger partial charge on any atom is 0.265 e. The van der Waals surface area contributed by atoms with Crippen molar-refractivity contribution in [3.8, 4) is 0 Å². The van der Waals surface area contributed by atoms with Crippen molar-refractivity contribution in [3.63, 3.8) is 0 Å². The Bertz CT molecular complexity index is 733. The Hall–Kier alpha value is -1.95. The minimum Gasteiger partial charge on any atom is -0.361 e. The number of aromatic amines is 1. The topological polar surface area (TPSA) is 62.0 Å². The molecule has 18 heavy (non-hydrogen) atoms. The molecule has 2 N–H and O–H groups in total. The highest BCUT2D eigenvalue weighted by Gasteiger charge is 2.30. The zero-order valence-corrected chi connectivity index (χ0v) is 10.5. The van der Waals surface area contributed by atoms with Crippen molar-refractivity contribution in [2.24, 2.45) is 0 Å². The molecule has 1 aliphatic heterocycles. The predicted octanol–water partition coefficient (Wildman–Crippen LogP) is 2.07. The average molecular weight is 309 g/mol. The Labute approximate surface area is 109 Å². The quantitative estimate of drug-likeness (QED) is 0.792. The Morgan fingerprint density at radius 1 is 1.17 bits per heavy atom. The first-order valence-electron chi connectivity index (χ1n) is 5.10. The van der Waals surface area contributed by atoms with Gasteiger partial charge in [0.15, 0.2) is 0 Å². The Morgan fingerprint density at radius 2 is 1.94 bits per heavy atom. The Balaban J connectivity index is 2.30. The largest absolute Gasteiger partial charge is 0.361 e. The molecule has 2 heterocycles. The summed E-state index contributed by atoms with van der Waals surface area (Å²) in [5.74, 6) is -1.37. The molecule has 0 spiro atoms. The molecule has 0 saturated carbocycles. The smallest absolute Gasteiger partial charge is 0.265 e. The molecule has 3 rings (SSSR count). The highest BCUT2D eigenvalue weighted by Crippen LogP contribution is 2.32. The van der Waals surface area contributed by atoms with E-state index < -0.39 is 17.6 Å². The normalized spacial score (nSPS) is 15.7. The molecule has 1 aliphatic rings. The van der Waals surface area contributed by atoms with E-state index in [0.29, 0.717) is 16.5 Å². The van der Waals surface area contributed by atoms with Gasteiger partial charge < -0.3 is 4.98 Å². The summed E-state index contributed by atoms with van der Waals surface area (Å²) in [6, 6.07) is 4.23. The molecular weight excluding hydrogens is 303 g/mol. The standard InChI is InChI=1S/C12H6BrFN2O2/c13-10-9(11(17)16-12(10)18)7-4-15-8-2-1-5(14)3-6(7)8/h1-4,15H,(H,16,17,18). The van der Waals surface area contributed by atoms with E-state index in [4.69, 9.17) is 0 Å². The van der Waals surface area contributed by atoms with Crippen molar-refractivity contribution in [2.45, 2.75) is 0 Å². The maximum atomic E-state index is 13.2. The second kappa shape index (κ2) is 3.78. The fourth-order valence-corrected chi connectivity index (χ4v) is 2.47. The van der Waals surface area contributed by atoms with Crippen LogP contribution in [0.2, 0.25) is 0 Å². The molecule has 0 radical (unpaired) electrons. The van der Waals surface area contributed by atoms with E-state index >= 15 is 0 Å². The van der Waals surface area contributed by atoms with Crippen LogP contribution in [0, 0.1) is 5.82 Å². The van der Waals surface area contributed by atoms with Crippen LogP contribution < -0.4 is 5.32 Å². The zero-order chi connectivity index (χ0) is 12.9. The van der Waals surface area contributed by atoms with Crippen molar-refractivity contribution in [2.75, 3.05) is 0 Å². The number of hydrogen-bond donors (Lipinski definition) is 2. The van der Waals surface area contributed by atoms with Crippen LogP contribution in [0.1, 0.15) is 5.56 Å². The molecule has 0 fully saturated rings. The van der Waals surface area contributed by atoms with Gasteiger partial charge in [0.1, 0.15) is 5.82 Å². The van der Waals surface area contributed by atoms with Gasteiger partial charge in [-0.3, -0.25) is 14.9 Å². The van der Waals surface area contributed by atoms with E-state index in [1.165, 1.54) is 12.1 Å². The number of fused-ring (bicyclic) bond motifs is 1. The van der Waals surface area contributed by atoms with Gasteiger partial charge in [-0.1, -0.05) is 0 Å². The number of halogens is 2. The number of carbonyl (C=O) groups is 2. The molecule has 1 aromatic heterocycles. The molecule has 0 bridgehead atoms.